The minimum absolute atomic E-state index is 0.0394. The number of para-hydroxylation sites is 2. The molecule has 2 N–H and O–H groups in total. The van der Waals surface area contributed by atoms with Crippen molar-refractivity contribution in [3.63, 3.8) is 0 Å². The number of benzene rings is 3. The summed E-state index contributed by atoms with van der Waals surface area (Å²) in [7, 11) is 3.35. The van der Waals surface area contributed by atoms with E-state index in [0.717, 1.165) is 57.8 Å². The maximum Gasteiger partial charge on any atom is 0.251 e. The molecule has 4 bridgehead atoms. The number of fused-ring (bicyclic) bond motifs is 2. The summed E-state index contributed by atoms with van der Waals surface area (Å²) in [6.07, 6.45) is 7.81. The molecular formula is C37H43BrN4O4. The summed E-state index contributed by atoms with van der Waals surface area (Å²) in [6, 6.07) is 16.2. The number of methoxy groups -OCH3 is 1. The summed E-state index contributed by atoms with van der Waals surface area (Å²) in [5, 5.41) is 7.96. The van der Waals surface area contributed by atoms with Gasteiger partial charge in [-0.2, -0.15) is 0 Å². The van der Waals surface area contributed by atoms with E-state index in [1.165, 1.54) is 19.3 Å². The minimum atomic E-state index is -0.925. The largest absolute Gasteiger partial charge is 0.496 e. The summed E-state index contributed by atoms with van der Waals surface area (Å²) in [5.41, 5.74) is 2.25. The van der Waals surface area contributed by atoms with Crippen LogP contribution in [0.3, 0.4) is 0 Å². The van der Waals surface area contributed by atoms with Gasteiger partial charge in [0.05, 0.1) is 37.6 Å². The van der Waals surface area contributed by atoms with E-state index >= 15 is 0 Å². The minimum Gasteiger partial charge on any atom is -0.496 e. The summed E-state index contributed by atoms with van der Waals surface area (Å²) in [4.78, 5) is 45.9. The van der Waals surface area contributed by atoms with E-state index in [2.05, 4.69) is 26.6 Å². The van der Waals surface area contributed by atoms with Crippen LogP contribution in [0.25, 0.3) is 10.8 Å². The number of rotatable bonds is 8. The average Bonchev–Trinajstić information content (AvgIpc) is 3.14. The molecule has 3 aromatic rings. The number of anilines is 2. The maximum absolute atomic E-state index is 14.6. The van der Waals surface area contributed by atoms with Crippen LogP contribution in [0.2, 0.25) is 0 Å². The van der Waals surface area contributed by atoms with Crippen LogP contribution in [0.1, 0.15) is 57.4 Å². The third-order valence-electron chi connectivity index (χ3n) is 11.1. The Hall–Kier alpha value is -3.43. The van der Waals surface area contributed by atoms with Crippen molar-refractivity contribution in [2.24, 2.45) is 23.2 Å². The lowest BCUT2D eigenvalue weighted by Gasteiger charge is -2.57. The molecule has 9 heteroatoms. The van der Waals surface area contributed by atoms with E-state index in [0.29, 0.717) is 23.5 Å². The van der Waals surface area contributed by atoms with Crippen molar-refractivity contribution in [3.05, 3.63) is 64.6 Å². The molecule has 8 rings (SSSR count). The highest BCUT2D eigenvalue weighted by Crippen LogP contribution is 2.61. The third-order valence-corrected chi connectivity index (χ3v) is 11.6. The molecule has 3 aromatic carbocycles. The molecule has 5 aliphatic rings. The zero-order chi connectivity index (χ0) is 32.2. The number of likely N-dealkylation sites (N-methyl/N-ethyl adjacent to an activating group) is 1. The zero-order valence-electron chi connectivity index (χ0n) is 26.9. The molecule has 46 heavy (non-hydrogen) atoms. The van der Waals surface area contributed by atoms with Gasteiger partial charge in [0.15, 0.2) is 0 Å². The highest BCUT2D eigenvalue weighted by atomic mass is 79.9. The zero-order valence-corrected chi connectivity index (χ0v) is 28.4. The van der Waals surface area contributed by atoms with Crippen LogP contribution < -0.4 is 25.2 Å². The molecule has 2 atom stereocenters. The van der Waals surface area contributed by atoms with Gasteiger partial charge in [0, 0.05) is 16.5 Å². The number of nitrogens with zero attached hydrogens (tertiary/aromatic N) is 2. The molecule has 3 amide bonds. The number of nitrogens with one attached hydrogen (secondary N) is 2. The van der Waals surface area contributed by atoms with Gasteiger partial charge in [0.2, 0.25) is 11.8 Å². The van der Waals surface area contributed by atoms with Gasteiger partial charge in [-0.1, -0.05) is 40.2 Å². The van der Waals surface area contributed by atoms with Crippen molar-refractivity contribution < 1.29 is 19.1 Å². The molecule has 242 valence electrons. The molecule has 1 heterocycles. The van der Waals surface area contributed by atoms with Gasteiger partial charge in [0.1, 0.15) is 11.8 Å². The van der Waals surface area contributed by atoms with Crippen LogP contribution in [0.4, 0.5) is 11.4 Å². The molecular weight excluding hydrogens is 644 g/mol. The van der Waals surface area contributed by atoms with E-state index in [1.807, 2.05) is 54.6 Å². The SMILES string of the molecule is CN[C@@H](C)C(=O)N[C@H]1CN(C(=O)CC23CC4CC(CC(C4)C2)C3)c2ccccc2N(Cc2c(OC)ccc3cc(Br)ccc23)C1=O. The van der Waals surface area contributed by atoms with E-state index in [1.54, 1.807) is 30.9 Å². The monoisotopic (exact) mass is 686 g/mol. The first-order valence-corrected chi connectivity index (χ1v) is 17.4. The van der Waals surface area contributed by atoms with Crippen molar-refractivity contribution in [1.82, 2.24) is 10.6 Å². The van der Waals surface area contributed by atoms with Gasteiger partial charge in [0.25, 0.3) is 5.91 Å². The topological polar surface area (TPSA) is 91.0 Å². The average molecular weight is 688 g/mol. The molecule has 0 spiro atoms. The molecule has 0 radical (unpaired) electrons. The van der Waals surface area contributed by atoms with Gasteiger partial charge in [-0.15, -0.1) is 0 Å². The normalized spacial score (nSPS) is 27.3. The second-order valence-electron chi connectivity index (χ2n) is 14.2. The highest BCUT2D eigenvalue weighted by molar-refractivity contribution is 9.10. The Balaban J connectivity index is 1.29. The predicted molar refractivity (Wildman–Crippen MR) is 184 cm³/mol. The van der Waals surface area contributed by atoms with E-state index in [9.17, 15) is 14.4 Å². The van der Waals surface area contributed by atoms with Crippen molar-refractivity contribution in [1.29, 1.82) is 0 Å². The van der Waals surface area contributed by atoms with Crippen molar-refractivity contribution >= 4 is 55.8 Å². The first-order valence-electron chi connectivity index (χ1n) is 16.6. The van der Waals surface area contributed by atoms with Gasteiger partial charge >= 0.3 is 0 Å². The van der Waals surface area contributed by atoms with Crippen LogP contribution in [0, 0.1) is 23.2 Å². The quantitative estimate of drug-likeness (QED) is 0.295. The number of hydrogen-bond acceptors (Lipinski definition) is 5. The van der Waals surface area contributed by atoms with Crippen molar-refractivity contribution in [3.8, 4) is 5.75 Å². The Kier molecular flexibility index (Phi) is 8.34. The lowest BCUT2D eigenvalue weighted by molar-refractivity contribution is -0.129. The number of ether oxygens (including phenoxy) is 1. The number of amides is 3. The fraction of sp³-hybridized carbons (Fsp3) is 0.486. The lowest BCUT2D eigenvalue weighted by atomic mass is 9.49. The molecule has 8 nitrogen and oxygen atoms in total. The first kappa shape index (κ1) is 31.2. The Morgan fingerprint density at radius 3 is 2.33 bits per heavy atom. The first-order chi connectivity index (χ1) is 22.2. The van der Waals surface area contributed by atoms with Gasteiger partial charge in [-0.25, -0.2) is 0 Å². The van der Waals surface area contributed by atoms with Crippen LogP contribution in [0.5, 0.6) is 5.75 Å². The number of carbonyl (C=O) groups excluding carboxylic acids is 3. The Labute approximate surface area is 279 Å². The molecule has 1 aliphatic heterocycles. The highest BCUT2D eigenvalue weighted by Gasteiger charge is 2.52. The second-order valence-corrected chi connectivity index (χ2v) is 15.1. The van der Waals surface area contributed by atoms with E-state index in [4.69, 9.17) is 4.74 Å². The van der Waals surface area contributed by atoms with Gasteiger partial charge in [-0.3, -0.25) is 14.4 Å². The van der Waals surface area contributed by atoms with E-state index in [-0.39, 0.29) is 36.2 Å². The fourth-order valence-corrected chi connectivity index (χ4v) is 9.68. The number of halogens is 1. The molecule has 0 saturated heterocycles. The summed E-state index contributed by atoms with van der Waals surface area (Å²) in [5.74, 6) is 2.37. The van der Waals surface area contributed by atoms with Crippen LogP contribution >= 0.6 is 15.9 Å². The third kappa shape index (κ3) is 5.70. The second kappa shape index (κ2) is 12.3. The molecule has 0 aromatic heterocycles. The molecule has 0 unspecified atom stereocenters. The molecule has 4 aliphatic carbocycles. The van der Waals surface area contributed by atoms with Gasteiger partial charge in [-0.05, 0) is 117 Å². The lowest BCUT2D eigenvalue weighted by Crippen LogP contribution is -2.56. The van der Waals surface area contributed by atoms with E-state index < -0.39 is 12.1 Å². The Bertz CT molecular complexity index is 1660. The standard InChI is InChI=1S/C37H43BrN4O4/c1-22(39-2)35(44)40-30-21-41(34(43)19-37-16-23-12-24(17-37)14-25(13-23)18-37)31-6-4-5-7-32(31)42(36(30)45)20-29-28-10-9-27(38)15-26(28)8-11-33(29)46-3/h4-11,15,22-25,30,39H,12-14,16-21H2,1-3H3,(H,40,44)/t22-,23?,24?,25?,30-,37?/m0/s1. The number of hydrogen-bond donors (Lipinski definition) is 2. The molecule has 4 fully saturated rings. The number of carbonyl (C=O) groups is 3. The smallest absolute Gasteiger partial charge is 0.251 e. The Morgan fingerprint density at radius 2 is 1.67 bits per heavy atom. The van der Waals surface area contributed by atoms with Crippen LogP contribution in [-0.2, 0) is 20.9 Å². The fourth-order valence-electron chi connectivity index (χ4n) is 9.30. The molecule has 4 saturated carbocycles. The van der Waals surface area contributed by atoms with Crippen LogP contribution in [-0.4, -0.2) is 50.5 Å². The van der Waals surface area contributed by atoms with Crippen molar-refractivity contribution in [2.75, 3.05) is 30.5 Å². The summed E-state index contributed by atoms with van der Waals surface area (Å²) in [6.45, 7) is 2.06. The van der Waals surface area contributed by atoms with Gasteiger partial charge < -0.3 is 25.2 Å². The van der Waals surface area contributed by atoms with Crippen molar-refractivity contribution in [2.45, 2.75) is 70.5 Å². The Morgan fingerprint density at radius 1 is 1.00 bits per heavy atom. The maximum atomic E-state index is 14.6. The summed E-state index contributed by atoms with van der Waals surface area (Å²) < 4.78 is 6.78. The predicted octanol–water partition coefficient (Wildman–Crippen LogP) is 6.19. The summed E-state index contributed by atoms with van der Waals surface area (Å²) >= 11 is 3.58. The van der Waals surface area contributed by atoms with Crippen LogP contribution in [0.15, 0.2) is 59.1 Å².